The summed E-state index contributed by atoms with van der Waals surface area (Å²) in [6.07, 6.45) is -9.00. The van der Waals surface area contributed by atoms with E-state index in [0.717, 1.165) is 26.2 Å². The molecule has 0 saturated carbocycles. The zero-order chi connectivity index (χ0) is 19.9. The summed E-state index contributed by atoms with van der Waals surface area (Å²) < 4.78 is 122. The number of rotatable bonds is 6. The predicted octanol–water partition coefficient (Wildman–Crippen LogP) is 6.06. The van der Waals surface area contributed by atoms with Gasteiger partial charge in [0.15, 0.2) is 0 Å². The number of ether oxygens (including phenoxy) is 1. The fourth-order valence-electron chi connectivity index (χ4n) is 2.05. The van der Waals surface area contributed by atoms with Crippen LogP contribution < -0.4 is 0 Å². The first kappa shape index (κ1) is 21.9. The molecule has 0 aliphatic carbocycles. The van der Waals surface area contributed by atoms with E-state index in [1.807, 2.05) is 0 Å². The molecule has 0 aliphatic heterocycles. The third-order valence-electron chi connectivity index (χ3n) is 3.65. The van der Waals surface area contributed by atoms with Crippen LogP contribution in [-0.4, -0.2) is 31.1 Å². The minimum absolute atomic E-state index is 0.00327. The zero-order valence-corrected chi connectivity index (χ0v) is 13.5. The Kier molecular flexibility index (Phi) is 5.72. The summed E-state index contributed by atoms with van der Waals surface area (Å²) >= 11 is 5.64. The fraction of sp³-hybridized carbons (Fsp3) is 0.571. The SMILES string of the molecule is COC(C)(CC(F)(F)C(F)(F)C(F)(F)C(F)(F)F)c1cccc(Cl)c1. The molecule has 0 aromatic heterocycles. The Morgan fingerprint density at radius 3 is 1.84 bits per heavy atom. The van der Waals surface area contributed by atoms with Crippen LogP contribution in [0.4, 0.5) is 39.5 Å². The summed E-state index contributed by atoms with van der Waals surface area (Å²) in [6.45, 7) is 0.842. The molecule has 0 spiro atoms. The van der Waals surface area contributed by atoms with Gasteiger partial charge in [-0.1, -0.05) is 23.7 Å². The van der Waals surface area contributed by atoms with Gasteiger partial charge < -0.3 is 4.74 Å². The van der Waals surface area contributed by atoms with Crippen molar-refractivity contribution in [3.05, 3.63) is 34.9 Å². The van der Waals surface area contributed by atoms with Crippen molar-refractivity contribution in [1.82, 2.24) is 0 Å². The molecular weight excluding hydrogens is 391 g/mol. The van der Waals surface area contributed by atoms with E-state index < -0.39 is 36.0 Å². The van der Waals surface area contributed by atoms with Gasteiger partial charge in [-0.3, -0.25) is 0 Å². The van der Waals surface area contributed by atoms with Gasteiger partial charge in [-0.2, -0.15) is 39.5 Å². The number of halogens is 10. The Hall–Kier alpha value is -1.16. The monoisotopic (exact) mass is 402 g/mol. The average molecular weight is 403 g/mol. The van der Waals surface area contributed by atoms with Crippen molar-refractivity contribution in [3.63, 3.8) is 0 Å². The van der Waals surface area contributed by atoms with Gasteiger partial charge in [0.05, 0.1) is 12.0 Å². The lowest BCUT2D eigenvalue weighted by Crippen LogP contribution is -2.62. The first-order chi connectivity index (χ1) is 11.0. The molecular formula is C14H12ClF9O. The van der Waals surface area contributed by atoms with Gasteiger partial charge in [-0.15, -0.1) is 0 Å². The maximum atomic E-state index is 13.9. The van der Waals surface area contributed by atoms with E-state index in [2.05, 4.69) is 0 Å². The van der Waals surface area contributed by atoms with E-state index in [0.29, 0.717) is 0 Å². The lowest BCUT2D eigenvalue weighted by molar-refractivity contribution is -0.400. The van der Waals surface area contributed by atoms with Crippen molar-refractivity contribution in [1.29, 1.82) is 0 Å². The smallest absolute Gasteiger partial charge is 0.374 e. The summed E-state index contributed by atoms with van der Waals surface area (Å²) in [5, 5.41) is -0.00327. The molecule has 1 atom stereocenters. The highest BCUT2D eigenvalue weighted by Gasteiger charge is 2.82. The molecule has 0 radical (unpaired) electrons. The molecule has 0 bridgehead atoms. The summed E-state index contributed by atoms with van der Waals surface area (Å²) in [6, 6.07) is 4.73. The molecule has 1 aromatic carbocycles. The maximum absolute atomic E-state index is 13.9. The molecule has 0 N–H and O–H groups in total. The Morgan fingerprint density at radius 1 is 0.920 bits per heavy atom. The van der Waals surface area contributed by atoms with Crippen LogP contribution in [0.25, 0.3) is 0 Å². The lowest BCUT2D eigenvalue weighted by atomic mass is 9.86. The molecule has 0 heterocycles. The van der Waals surface area contributed by atoms with Crippen molar-refractivity contribution < 1.29 is 44.3 Å². The molecule has 0 saturated heterocycles. The van der Waals surface area contributed by atoms with E-state index >= 15 is 0 Å². The summed E-state index contributed by atoms with van der Waals surface area (Å²) in [5.41, 5.74) is -2.51. The molecule has 1 unspecified atom stereocenters. The molecule has 1 nitrogen and oxygen atoms in total. The highest BCUT2D eigenvalue weighted by Crippen LogP contribution is 2.56. The van der Waals surface area contributed by atoms with E-state index in [-0.39, 0.29) is 10.6 Å². The van der Waals surface area contributed by atoms with Gasteiger partial charge in [0, 0.05) is 12.1 Å². The number of hydrogen-bond donors (Lipinski definition) is 0. The van der Waals surface area contributed by atoms with Crippen LogP contribution in [0.3, 0.4) is 0 Å². The molecule has 1 aromatic rings. The molecule has 0 amide bonds. The van der Waals surface area contributed by atoms with Crippen molar-refractivity contribution in [2.75, 3.05) is 7.11 Å². The largest absolute Gasteiger partial charge is 0.460 e. The third-order valence-corrected chi connectivity index (χ3v) is 3.89. The lowest BCUT2D eigenvalue weighted by Gasteiger charge is -2.38. The van der Waals surface area contributed by atoms with E-state index in [1.165, 1.54) is 12.1 Å². The molecule has 0 aliphatic rings. The second-order valence-corrected chi connectivity index (χ2v) is 5.91. The Labute approximate surface area is 141 Å². The first-order valence-electron chi connectivity index (χ1n) is 6.53. The second-order valence-electron chi connectivity index (χ2n) is 5.47. The van der Waals surface area contributed by atoms with Crippen LogP contribution in [0.15, 0.2) is 24.3 Å². The predicted molar refractivity (Wildman–Crippen MR) is 71.3 cm³/mol. The second kappa shape index (κ2) is 6.53. The summed E-state index contributed by atoms with van der Waals surface area (Å²) in [7, 11) is 0.816. The Balaban J connectivity index is 3.33. The maximum Gasteiger partial charge on any atom is 0.460 e. The summed E-state index contributed by atoms with van der Waals surface area (Å²) in [5.74, 6) is -19.4. The summed E-state index contributed by atoms with van der Waals surface area (Å²) in [4.78, 5) is 0. The fourth-order valence-corrected chi connectivity index (χ4v) is 2.24. The highest BCUT2D eigenvalue weighted by atomic mass is 35.5. The van der Waals surface area contributed by atoms with E-state index in [9.17, 15) is 39.5 Å². The van der Waals surface area contributed by atoms with Crippen molar-refractivity contribution in [2.45, 2.75) is 42.9 Å². The van der Waals surface area contributed by atoms with Crippen LogP contribution in [0, 0.1) is 0 Å². The third kappa shape index (κ3) is 3.84. The van der Waals surface area contributed by atoms with Crippen molar-refractivity contribution in [3.8, 4) is 0 Å². The topological polar surface area (TPSA) is 9.23 Å². The Bertz CT molecular complexity index is 615. The standard InChI is InChI=1S/C14H12ClF9O/c1-10(25-2,8-4-3-5-9(15)6-8)7-11(16,17)12(18,19)13(20,21)14(22,23)24/h3-6H,7H2,1-2H3. The van der Waals surface area contributed by atoms with Crippen molar-refractivity contribution in [2.24, 2.45) is 0 Å². The number of alkyl halides is 9. The van der Waals surface area contributed by atoms with Gasteiger partial charge in [0.2, 0.25) is 0 Å². The molecule has 144 valence electrons. The Morgan fingerprint density at radius 2 is 1.44 bits per heavy atom. The van der Waals surface area contributed by atoms with Crippen LogP contribution in [-0.2, 0) is 10.3 Å². The van der Waals surface area contributed by atoms with Crippen LogP contribution in [0.2, 0.25) is 5.02 Å². The molecule has 11 heteroatoms. The van der Waals surface area contributed by atoms with Gasteiger partial charge in [-0.25, -0.2) is 0 Å². The van der Waals surface area contributed by atoms with Gasteiger partial charge in [0.1, 0.15) is 0 Å². The normalized spacial score (nSPS) is 16.6. The molecule has 25 heavy (non-hydrogen) atoms. The first-order valence-corrected chi connectivity index (χ1v) is 6.91. The molecule has 1 rings (SSSR count). The van der Waals surface area contributed by atoms with Gasteiger partial charge in [-0.05, 0) is 24.6 Å². The van der Waals surface area contributed by atoms with Crippen LogP contribution >= 0.6 is 11.6 Å². The van der Waals surface area contributed by atoms with Crippen molar-refractivity contribution >= 4 is 11.6 Å². The van der Waals surface area contributed by atoms with E-state index in [4.69, 9.17) is 16.3 Å². The average Bonchev–Trinajstić information content (AvgIpc) is 2.45. The molecule has 0 fully saturated rings. The minimum Gasteiger partial charge on any atom is -0.374 e. The number of hydrogen-bond acceptors (Lipinski definition) is 1. The van der Waals surface area contributed by atoms with Gasteiger partial charge >= 0.3 is 23.9 Å². The quantitative estimate of drug-likeness (QED) is 0.526. The number of methoxy groups -OCH3 is 1. The zero-order valence-electron chi connectivity index (χ0n) is 12.7. The van der Waals surface area contributed by atoms with Gasteiger partial charge in [0.25, 0.3) is 0 Å². The minimum atomic E-state index is -6.94. The number of benzene rings is 1. The van der Waals surface area contributed by atoms with Crippen LogP contribution in [0.1, 0.15) is 18.9 Å². The van der Waals surface area contributed by atoms with E-state index in [1.54, 1.807) is 0 Å². The highest BCUT2D eigenvalue weighted by molar-refractivity contribution is 6.30. The van der Waals surface area contributed by atoms with Crippen LogP contribution in [0.5, 0.6) is 0 Å².